The van der Waals surface area contributed by atoms with E-state index in [1.807, 2.05) is 60.7 Å². The zero-order chi connectivity index (χ0) is 17.4. The largest absolute Gasteiger partial charge is 0.322 e. The summed E-state index contributed by atoms with van der Waals surface area (Å²) in [6, 6.07) is 17.1. The van der Waals surface area contributed by atoms with Gasteiger partial charge in [0, 0.05) is 13.1 Å². The zero-order valence-electron chi connectivity index (χ0n) is 13.5. The molecule has 1 N–H and O–H groups in total. The molecule has 0 unspecified atom stereocenters. The fourth-order valence-corrected chi connectivity index (χ4v) is 3.48. The highest BCUT2D eigenvalue weighted by atomic mass is 16.2. The van der Waals surface area contributed by atoms with Gasteiger partial charge < -0.3 is 9.80 Å². The smallest absolute Gasteiger partial charge is 0.306 e. The monoisotopic (exact) mass is 335 g/mol. The molecule has 2 aromatic rings. The van der Waals surface area contributed by atoms with Gasteiger partial charge in [-0.1, -0.05) is 60.7 Å². The minimum absolute atomic E-state index is 0.286. The fourth-order valence-electron chi connectivity index (χ4n) is 3.48. The van der Waals surface area contributed by atoms with Crippen molar-refractivity contribution in [1.29, 1.82) is 0 Å². The molecule has 2 fully saturated rings. The van der Waals surface area contributed by atoms with E-state index in [-0.39, 0.29) is 6.03 Å². The van der Waals surface area contributed by atoms with Crippen LogP contribution in [0.1, 0.15) is 11.1 Å². The van der Waals surface area contributed by atoms with Crippen LogP contribution in [-0.4, -0.2) is 39.7 Å². The number of hydrogen-bond acceptors (Lipinski definition) is 3. The number of urea groups is 1. The Hall–Kier alpha value is -3.15. The Balaban J connectivity index is 1.65. The Kier molecular flexibility index (Phi) is 3.72. The van der Waals surface area contributed by atoms with E-state index < -0.39 is 23.9 Å². The molecular formula is C19H17N3O3. The molecule has 2 aliphatic rings. The van der Waals surface area contributed by atoms with Crippen LogP contribution in [0.25, 0.3) is 0 Å². The summed E-state index contributed by atoms with van der Waals surface area (Å²) in [6.07, 6.45) is 0. The molecule has 2 aromatic carbocycles. The maximum Gasteiger partial charge on any atom is 0.322 e. The van der Waals surface area contributed by atoms with Crippen molar-refractivity contribution in [2.75, 3.05) is 0 Å². The van der Waals surface area contributed by atoms with E-state index in [9.17, 15) is 14.4 Å². The molecule has 6 heteroatoms. The van der Waals surface area contributed by atoms with Crippen molar-refractivity contribution in [3.05, 3.63) is 71.8 Å². The van der Waals surface area contributed by atoms with Crippen LogP contribution in [0.5, 0.6) is 0 Å². The van der Waals surface area contributed by atoms with Crippen LogP contribution in [0.2, 0.25) is 0 Å². The van der Waals surface area contributed by atoms with Crippen LogP contribution < -0.4 is 5.32 Å². The molecule has 0 saturated carbocycles. The summed E-state index contributed by atoms with van der Waals surface area (Å²) in [7, 11) is 0. The standard InChI is InChI=1S/C19H17N3O3/c23-17-15-16(18(24)20-17)22(12-14-9-5-2-6-10-14)19(25)21(15)11-13-7-3-1-4-8-13/h1-10,15-16H,11-12H2,(H,20,23,24)/t15-,16+. The van der Waals surface area contributed by atoms with Crippen LogP contribution in [0.4, 0.5) is 4.79 Å². The molecule has 4 rings (SSSR count). The minimum atomic E-state index is -0.774. The van der Waals surface area contributed by atoms with Crippen LogP contribution in [0, 0.1) is 0 Å². The van der Waals surface area contributed by atoms with Gasteiger partial charge in [-0.15, -0.1) is 0 Å². The Labute approximate surface area is 145 Å². The number of rotatable bonds is 4. The molecule has 2 aliphatic heterocycles. The van der Waals surface area contributed by atoms with E-state index in [1.54, 1.807) is 0 Å². The van der Waals surface area contributed by atoms with Crippen molar-refractivity contribution in [3.63, 3.8) is 0 Å². The van der Waals surface area contributed by atoms with E-state index in [1.165, 1.54) is 9.80 Å². The van der Waals surface area contributed by atoms with Crippen LogP contribution >= 0.6 is 0 Å². The first-order chi connectivity index (χ1) is 12.1. The van der Waals surface area contributed by atoms with Gasteiger partial charge in [-0.2, -0.15) is 0 Å². The molecule has 2 heterocycles. The minimum Gasteiger partial charge on any atom is -0.306 e. The highest BCUT2D eigenvalue weighted by Gasteiger charge is 2.57. The third kappa shape index (κ3) is 2.65. The number of imide groups is 1. The van der Waals surface area contributed by atoms with Gasteiger partial charge in [0.1, 0.15) is 12.1 Å². The lowest BCUT2D eigenvalue weighted by atomic mass is 10.1. The first-order valence-corrected chi connectivity index (χ1v) is 8.15. The van der Waals surface area contributed by atoms with Crippen molar-refractivity contribution in [3.8, 4) is 0 Å². The third-order valence-corrected chi connectivity index (χ3v) is 4.64. The summed E-state index contributed by atoms with van der Waals surface area (Å²) in [5, 5.41) is 2.36. The molecule has 2 saturated heterocycles. The molecule has 126 valence electrons. The van der Waals surface area contributed by atoms with Crippen LogP contribution in [0.3, 0.4) is 0 Å². The van der Waals surface area contributed by atoms with Gasteiger partial charge in [0.15, 0.2) is 0 Å². The Morgan fingerprint density at radius 2 is 1.08 bits per heavy atom. The number of amides is 4. The summed E-state index contributed by atoms with van der Waals surface area (Å²) in [5.41, 5.74) is 1.84. The van der Waals surface area contributed by atoms with Gasteiger partial charge in [0.05, 0.1) is 0 Å². The molecule has 6 nitrogen and oxygen atoms in total. The number of nitrogens with zero attached hydrogens (tertiary/aromatic N) is 2. The van der Waals surface area contributed by atoms with E-state index in [2.05, 4.69) is 5.32 Å². The predicted octanol–water partition coefficient (Wildman–Crippen LogP) is 1.52. The average Bonchev–Trinajstić information content (AvgIpc) is 3.06. The lowest BCUT2D eigenvalue weighted by Crippen LogP contribution is -2.41. The first-order valence-electron chi connectivity index (χ1n) is 8.15. The quantitative estimate of drug-likeness (QED) is 0.861. The lowest BCUT2D eigenvalue weighted by Gasteiger charge is -2.22. The van der Waals surface area contributed by atoms with E-state index in [4.69, 9.17) is 0 Å². The molecule has 25 heavy (non-hydrogen) atoms. The number of fused-ring (bicyclic) bond motifs is 1. The number of carbonyl (C=O) groups excluding carboxylic acids is 3. The maximum absolute atomic E-state index is 12.9. The lowest BCUT2D eigenvalue weighted by molar-refractivity contribution is -0.126. The van der Waals surface area contributed by atoms with Crippen molar-refractivity contribution in [2.45, 2.75) is 25.2 Å². The molecule has 0 bridgehead atoms. The summed E-state index contributed by atoms with van der Waals surface area (Å²) in [4.78, 5) is 40.4. The van der Waals surface area contributed by atoms with Gasteiger partial charge in [-0.05, 0) is 11.1 Å². The van der Waals surface area contributed by atoms with Crippen LogP contribution in [0.15, 0.2) is 60.7 Å². The third-order valence-electron chi connectivity index (χ3n) is 4.64. The number of carbonyl (C=O) groups is 3. The maximum atomic E-state index is 12.9. The summed E-state index contributed by atoms with van der Waals surface area (Å²) in [5.74, 6) is -0.815. The molecule has 2 atom stereocenters. The number of benzene rings is 2. The fraction of sp³-hybridized carbons (Fsp3) is 0.211. The van der Waals surface area contributed by atoms with E-state index >= 15 is 0 Å². The Morgan fingerprint density at radius 1 is 0.680 bits per heavy atom. The second-order valence-electron chi connectivity index (χ2n) is 6.25. The molecule has 0 aromatic heterocycles. The Morgan fingerprint density at radius 3 is 1.48 bits per heavy atom. The van der Waals surface area contributed by atoms with Crippen molar-refractivity contribution >= 4 is 17.8 Å². The number of hydrogen-bond donors (Lipinski definition) is 1. The summed E-state index contributed by atoms with van der Waals surface area (Å²) >= 11 is 0. The van der Waals surface area contributed by atoms with Gasteiger partial charge >= 0.3 is 6.03 Å². The van der Waals surface area contributed by atoms with E-state index in [0.717, 1.165) is 11.1 Å². The van der Waals surface area contributed by atoms with Gasteiger partial charge in [0.25, 0.3) is 11.8 Å². The SMILES string of the molecule is O=C1NC(=O)[C@H]2[C@@H]1N(Cc1ccccc1)C(=O)N2Cc1ccccc1. The molecule has 0 aliphatic carbocycles. The van der Waals surface area contributed by atoms with Gasteiger partial charge in [-0.25, -0.2) is 4.79 Å². The normalized spacial score (nSPS) is 22.3. The van der Waals surface area contributed by atoms with Crippen molar-refractivity contribution in [2.24, 2.45) is 0 Å². The topological polar surface area (TPSA) is 69.7 Å². The molecule has 4 amide bonds. The van der Waals surface area contributed by atoms with Gasteiger partial charge in [0.2, 0.25) is 0 Å². The summed E-state index contributed by atoms with van der Waals surface area (Å²) < 4.78 is 0. The van der Waals surface area contributed by atoms with Crippen LogP contribution in [-0.2, 0) is 22.7 Å². The molecule has 0 radical (unpaired) electrons. The average molecular weight is 335 g/mol. The number of nitrogens with one attached hydrogen (secondary N) is 1. The van der Waals surface area contributed by atoms with E-state index in [0.29, 0.717) is 13.1 Å². The van der Waals surface area contributed by atoms with Crippen molar-refractivity contribution in [1.82, 2.24) is 15.1 Å². The summed E-state index contributed by atoms with van der Waals surface area (Å²) in [6.45, 7) is 0.597. The Bertz CT molecular complexity index is 755. The van der Waals surface area contributed by atoms with Crippen molar-refractivity contribution < 1.29 is 14.4 Å². The highest BCUT2D eigenvalue weighted by molar-refractivity contribution is 6.13. The molecule has 0 spiro atoms. The second-order valence-corrected chi connectivity index (χ2v) is 6.25. The predicted molar refractivity (Wildman–Crippen MR) is 90.1 cm³/mol. The zero-order valence-corrected chi connectivity index (χ0v) is 13.5. The second kappa shape index (κ2) is 6.05. The van der Waals surface area contributed by atoms with Gasteiger partial charge in [-0.3, -0.25) is 14.9 Å². The first kappa shape index (κ1) is 15.4. The highest BCUT2D eigenvalue weighted by Crippen LogP contribution is 2.30. The molecular weight excluding hydrogens is 318 g/mol.